The molecule has 4 heteroatoms. The Kier molecular flexibility index (Phi) is 4.95. The Hall–Kier alpha value is -0.190. The molecule has 3 unspecified atom stereocenters. The average molecular weight is 356 g/mol. The number of hydrogen-bond donors (Lipinski definition) is 1. The first kappa shape index (κ1) is 14.7. The fourth-order valence-corrected chi connectivity index (χ4v) is 4.89. The lowest BCUT2D eigenvalue weighted by atomic mass is 10.1. The summed E-state index contributed by atoms with van der Waals surface area (Å²) in [6, 6.07) is 6.99. The van der Waals surface area contributed by atoms with E-state index >= 15 is 0 Å². The second kappa shape index (κ2) is 6.71. The summed E-state index contributed by atoms with van der Waals surface area (Å²) in [5.74, 6) is 2.29. The van der Waals surface area contributed by atoms with Gasteiger partial charge in [-0.1, -0.05) is 29.3 Å². The molecule has 1 aliphatic heterocycles. The lowest BCUT2D eigenvalue weighted by Crippen LogP contribution is -2.40. The summed E-state index contributed by atoms with van der Waals surface area (Å²) < 4.78 is 7.17. The van der Waals surface area contributed by atoms with E-state index in [9.17, 15) is 0 Å². The summed E-state index contributed by atoms with van der Waals surface area (Å²) in [4.78, 5) is 0. The molecule has 1 saturated carbocycles. The first-order valence-electron chi connectivity index (χ1n) is 7.56. The topological polar surface area (TPSA) is 21.3 Å². The Morgan fingerprint density at radius 2 is 2.30 bits per heavy atom. The predicted molar refractivity (Wildman–Crippen MR) is 89.8 cm³/mol. The maximum Gasteiger partial charge on any atom is 0.123 e. The van der Waals surface area contributed by atoms with E-state index in [4.69, 9.17) is 4.74 Å². The Morgan fingerprint density at radius 3 is 3.15 bits per heavy atom. The van der Waals surface area contributed by atoms with Crippen molar-refractivity contribution in [1.29, 1.82) is 0 Å². The Balaban J connectivity index is 1.51. The van der Waals surface area contributed by atoms with Crippen molar-refractivity contribution in [2.45, 2.75) is 50.0 Å². The van der Waals surface area contributed by atoms with E-state index in [0.717, 1.165) is 28.4 Å². The molecule has 0 saturated heterocycles. The van der Waals surface area contributed by atoms with Crippen LogP contribution in [0.1, 0.15) is 31.7 Å². The third-order valence-electron chi connectivity index (χ3n) is 4.20. The van der Waals surface area contributed by atoms with Crippen LogP contribution in [0.2, 0.25) is 0 Å². The van der Waals surface area contributed by atoms with Gasteiger partial charge in [0.2, 0.25) is 0 Å². The highest BCUT2D eigenvalue weighted by Gasteiger charge is 2.29. The smallest absolute Gasteiger partial charge is 0.123 e. The normalized spacial score (nSPS) is 28.4. The molecule has 0 bridgehead atoms. The van der Waals surface area contributed by atoms with Crippen molar-refractivity contribution in [3.63, 3.8) is 0 Å². The third kappa shape index (κ3) is 3.34. The van der Waals surface area contributed by atoms with E-state index in [1.165, 1.54) is 30.6 Å². The predicted octanol–water partition coefficient (Wildman–Crippen LogP) is 4.02. The van der Waals surface area contributed by atoms with Gasteiger partial charge >= 0.3 is 0 Å². The molecule has 0 radical (unpaired) electrons. The zero-order valence-corrected chi connectivity index (χ0v) is 14.3. The first-order valence-corrected chi connectivity index (χ1v) is 9.40. The molecule has 1 fully saturated rings. The number of rotatable bonds is 5. The van der Waals surface area contributed by atoms with Crippen LogP contribution in [-0.2, 0) is 6.42 Å². The summed E-state index contributed by atoms with van der Waals surface area (Å²) in [5.41, 5.74) is 1.33. The van der Waals surface area contributed by atoms with Crippen LogP contribution in [-0.4, -0.2) is 29.7 Å². The van der Waals surface area contributed by atoms with Gasteiger partial charge < -0.3 is 10.1 Å². The maximum atomic E-state index is 6.03. The number of thioether (sulfide) groups is 1. The van der Waals surface area contributed by atoms with Gasteiger partial charge in [-0.2, -0.15) is 11.8 Å². The monoisotopic (exact) mass is 355 g/mol. The van der Waals surface area contributed by atoms with Gasteiger partial charge in [-0.05, 0) is 42.4 Å². The molecule has 1 aromatic rings. The molecule has 0 amide bonds. The van der Waals surface area contributed by atoms with Crippen molar-refractivity contribution in [1.82, 2.24) is 5.32 Å². The SMILES string of the molecule is CCSC1CCCC1NCC1Cc2cc(Br)ccc2O1. The van der Waals surface area contributed by atoms with Gasteiger partial charge in [-0.3, -0.25) is 0 Å². The molecule has 20 heavy (non-hydrogen) atoms. The van der Waals surface area contributed by atoms with Crippen molar-refractivity contribution in [3.8, 4) is 5.75 Å². The van der Waals surface area contributed by atoms with E-state index in [1.54, 1.807) is 0 Å². The molecule has 1 aliphatic carbocycles. The summed E-state index contributed by atoms with van der Waals surface area (Å²) >= 11 is 5.64. The van der Waals surface area contributed by atoms with Gasteiger partial charge in [0.15, 0.2) is 0 Å². The molecule has 1 aromatic carbocycles. The van der Waals surface area contributed by atoms with Gasteiger partial charge in [0, 0.05) is 28.7 Å². The highest BCUT2D eigenvalue weighted by molar-refractivity contribution is 9.10. The molecule has 0 spiro atoms. The molecular formula is C16H22BrNOS. The quantitative estimate of drug-likeness (QED) is 0.861. The number of benzene rings is 1. The standard InChI is InChI=1S/C16H22BrNOS/c1-2-20-16-5-3-4-14(16)18-10-13-9-11-8-12(17)6-7-15(11)19-13/h6-8,13-14,16,18H,2-5,9-10H2,1H3. The van der Waals surface area contributed by atoms with E-state index in [2.05, 4.69) is 58.1 Å². The Bertz CT molecular complexity index is 468. The lowest BCUT2D eigenvalue weighted by molar-refractivity contribution is 0.222. The first-order chi connectivity index (χ1) is 9.76. The lowest BCUT2D eigenvalue weighted by Gasteiger charge is -2.22. The van der Waals surface area contributed by atoms with Crippen molar-refractivity contribution in [2.75, 3.05) is 12.3 Å². The highest BCUT2D eigenvalue weighted by Crippen LogP contribution is 2.32. The molecule has 2 aliphatic rings. The minimum atomic E-state index is 0.298. The van der Waals surface area contributed by atoms with E-state index in [1.807, 2.05) is 0 Å². The van der Waals surface area contributed by atoms with Gasteiger partial charge in [0.05, 0.1) is 0 Å². The molecule has 2 nitrogen and oxygen atoms in total. The van der Waals surface area contributed by atoms with E-state index in [0.29, 0.717) is 12.1 Å². The summed E-state index contributed by atoms with van der Waals surface area (Å²) in [6.07, 6.45) is 5.39. The Labute approximate surface area is 134 Å². The van der Waals surface area contributed by atoms with Gasteiger partial charge in [0.25, 0.3) is 0 Å². The fourth-order valence-electron chi connectivity index (χ4n) is 3.26. The maximum absolute atomic E-state index is 6.03. The van der Waals surface area contributed by atoms with Gasteiger partial charge in [0.1, 0.15) is 11.9 Å². The highest BCUT2D eigenvalue weighted by atomic mass is 79.9. The van der Waals surface area contributed by atoms with Crippen LogP contribution in [0.4, 0.5) is 0 Å². The molecule has 3 rings (SSSR count). The van der Waals surface area contributed by atoms with Crippen LogP contribution in [0.3, 0.4) is 0 Å². The molecular weight excluding hydrogens is 334 g/mol. The van der Waals surface area contributed by atoms with Crippen molar-refractivity contribution >= 4 is 27.7 Å². The minimum absolute atomic E-state index is 0.298. The largest absolute Gasteiger partial charge is 0.488 e. The van der Waals surface area contributed by atoms with Crippen molar-refractivity contribution < 1.29 is 4.74 Å². The molecule has 3 atom stereocenters. The minimum Gasteiger partial charge on any atom is -0.488 e. The number of hydrogen-bond acceptors (Lipinski definition) is 3. The molecule has 1 heterocycles. The van der Waals surface area contributed by atoms with E-state index < -0.39 is 0 Å². The number of fused-ring (bicyclic) bond motifs is 1. The van der Waals surface area contributed by atoms with Crippen LogP contribution in [0, 0.1) is 0 Å². The zero-order valence-electron chi connectivity index (χ0n) is 11.9. The van der Waals surface area contributed by atoms with Crippen LogP contribution in [0.15, 0.2) is 22.7 Å². The third-order valence-corrected chi connectivity index (χ3v) is 6.02. The fraction of sp³-hybridized carbons (Fsp3) is 0.625. The second-order valence-corrected chi connectivity index (χ2v) is 8.07. The van der Waals surface area contributed by atoms with Gasteiger partial charge in [-0.15, -0.1) is 0 Å². The average Bonchev–Trinajstić information content (AvgIpc) is 3.02. The van der Waals surface area contributed by atoms with E-state index in [-0.39, 0.29) is 0 Å². The number of halogens is 1. The van der Waals surface area contributed by atoms with Crippen LogP contribution < -0.4 is 10.1 Å². The summed E-state index contributed by atoms with van der Waals surface area (Å²) in [6.45, 7) is 3.23. The van der Waals surface area contributed by atoms with Crippen LogP contribution in [0.25, 0.3) is 0 Å². The zero-order chi connectivity index (χ0) is 13.9. The van der Waals surface area contributed by atoms with Crippen LogP contribution in [0.5, 0.6) is 5.75 Å². The molecule has 110 valence electrons. The molecule has 1 N–H and O–H groups in total. The molecule has 0 aromatic heterocycles. The van der Waals surface area contributed by atoms with Crippen LogP contribution >= 0.6 is 27.7 Å². The van der Waals surface area contributed by atoms with Crippen molar-refractivity contribution in [2.24, 2.45) is 0 Å². The van der Waals surface area contributed by atoms with Crippen molar-refractivity contribution in [3.05, 3.63) is 28.2 Å². The second-order valence-electron chi connectivity index (χ2n) is 5.64. The summed E-state index contributed by atoms with van der Waals surface area (Å²) in [5, 5.41) is 4.55. The van der Waals surface area contributed by atoms with Gasteiger partial charge in [-0.25, -0.2) is 0 Å². The Morgan fingerprint density at radius 1 is 1.40 bits per heavy atom. The summed E-state index contributed by atoms with van der Waals surface area (Å²) in [7, 11) is 0. The number of nitrogens with one attached hydrogen (secondary N) is 1. The number of ether oxygens (including phenoxy) is 1.